The number of hydrazine groups is 2. The first-order valence-electron chi connectivity index (χ1n) is 12.1. The van der Waals surface area contributed by atoms with Crippen molar-refractivity contribution in [2.24, 2.45) is 11.8 Å². The van der Waals surface area contributed by atoms with Crippen molar-refractivity contribution in [3.05, 3.63) is 0 Å². The molecule has 2 saturated carbocycles. The first-order chi connectivity index (χ1) is 16.2. The van der Waals surface area contributed by atoms with Gasteiger partial charge in [-0.2, -0.15) is 0 Å². The molecule has 0 spiro atoms. The fraction of sp³-hybridized carbons (Fsp3) is 0.900. The molecular formula is C20H35FN8O4S. The van der Waals surface area contributed by atoms with Gasteiger partial charge in [0.05, 0.1) is 36.1 Å². The molecule has 3 amide bonds. The summed E-state index contributed by atoms with van der Waals surface area (Å²) in [5.41, 5.74) is 8.30. The van der Waals surface area contributed by atoms with Gasteiger partial charge in [0.1, 0.15) is 6.67 Å². The fourth-order valence-corrected chi connectivity index (χ4v) is 7.63. The normalized spacial score (nSPS) is 36.2. The summed E-state index contributed by atoms with van der Waals surface area (Å²) in [6.45, 7) is 1.88. The zero-order chi connectivity index (χ0) is 24.1. The highest BCUT2D eigenvalue weighted by atomic mass is 32.2. The van der Waals surface area contributed by atoms with E-state index in [0.29, 0.717) is 58.5 Å². The number of amides is 3. The van der Waals surface area contributed by atoms with Crippen LogP contribution < -0.4 is 26.3 Å². The van der Waals surface area contributed by atoms with Crippen LogP contribution in [0.4, 0.5) is 9.18 Å². The van der Waals surface area contributed by atoms with Gasteiger partial charge in [0, 0.05) is 38.6 Å². The van der Waals surface area contributed by atoms with E-state index in [9.17, 15) is 22.4 Å². The number of carbonyl (C=O) groups is 2. The Kier molecular flexibility index (Phi) is 6.59. The van der Waals surface area contributed by atoms with E-state index in [4.69, 9.17) is 0 Å². The van der Waals surface area contributed by atoms with E-state index in [2.05, 4.69) is 26.3 Å². The van der Waals surface area contributed by atoms with Crippen LogP contribution in [0.15, 0.2) is 0 Å². The van der Waals surface area contributed by atoms with Crippen molar-refractivity contribution < 1.29 is 22.4 Å². The van der Waals surface area contributed by atoms with Crippen LogP contribution >= 0.6 is 0 Å². The van der Waals surface area contributed by atoms with Gasteiger partial charge in [0.15, 0.2) is 0 Å². The summed E-state index contributed by atoms with van der Waals surface area (Å²) in [4.78, 5) is 30.1. The number of imide groups is 1. The predicted octanol–water partition coefficient (Wildman–Crippen LogP) is -1.74. The maximum Gasteiger partial charge on any atom is 0.327 e. The van der Waals surface area contributed by atoms with Gasteiger partial charge in [-0.3, -0.25) is 20.4 Å². The van der Waals surface area contributed by atoms with Crippen LogP contribution in [0.5, 0.6) is 0 Å². The fourth-order valence-electron chi connectivity index (χ4n) is 5.70. The number of halogens is 1. The standard InChI is InChI=1S/C20H35FN8O4S/c1-27-8-13(7-24-27)9-29-18(30)15-6-14(34(32,33)26-20(11-21)4-5-20)2-3-16(15)28(19(29)31)10-17-22-12-23-25-17/h13-17,22-26H,2-12H2,1H3. The number of urea groups is 1. The van der Waals surface area contributed by atoms with E-state index in [1.165, 1.54) is 4.90 Å². The SMILES string of the molecule is CN1CC(CN2C(=O)C3CC(S(=O)(=O)NC4(CF)CC4)CCC3N(CC3NCNN3)C2=O)CN1. The van der Waals surface area contributed by atoms with Crippen LogP contribution in [0.2, 0.25) is 0 Å². The number of rotatable bonds is 8. The molecule has 0 aromatic rings. The molecule has 5 N–H and O–H groups in total. The molecular weight excluding hydrogens is 467 g/mol. The van der Waals surface area contributed by atoms with E-state index in [0.717, 1.165) is 0 Å². The minimum absolute atomic E-state index is 0.102. The molecule has 0 radical (unpaired) electrons. The highest BCUT2D eigenvalue weighted by Gasteiger charge is 2.53. The van der Waals surface area contributed by atoms with Crippen LogP contribution in [-0.2, 0) is 14.8 Å². The Morgan fingerprint density at radius 1 is 1.21 bits per heavy atom. The molecule has 14 heteroatoms. The van der Waals surface area contributed by atoms with Gasteiger partial charge in [-0.25, -0.2) is 38.2 Å². The second-order valence-corrected chi connectivity index (χ2v) is 12.4. The van der Waals surface area contributed by atoms with Crippen molar-refractivity contribution in [1.29, 1.82) is 0 Å². The molecule has 3 heterocycles. The van der Waals surface area contributed by atoms with Crippen LogP contribution in [0.3, 0.4) is 0 Å². The number of hydrogen-bond donors (Lipinski definition) is 5. The van der Waals surface area contributed by atoms with Crippen molar-refractivity contribution in [1.82, 2.24) is 41.1 Å². The highest BCUT2D eigenvalue weighted by Crippen LogP contribution is 2.40. The second kappa shape index (κ2) is 9.22. The summed E-state index contributed by atoms with van der Waals surface area (Å²) in [6.07, 6.45) is 1.70. The monoisotopic (exact) mass is 502 g/mol. The van der Waals surface area contributed by atoms with E-state index in [1.807, 2.05) is 12.1 Å². The first kappa shape index (κ1) is 24.3. The number of fused-ring (bicyclic) bond motifs is 1. The van der Waals surface area contributed by atoms with Crippen molar-refractivity contribution in [3.63, 3.8) is 0 Å². The predicted molar refractivity (Wildman–Crippen MR) is 121 cm³/mol. The second-order valence-electron chi connectivity index (χ2n) is 10.4. The highest BCUT2D eigenvalue weighted by molar-refractivity contribution is 7.90. The smallest absolute Gasteiger partial charge is 0.318 e. The molecule has 5 aliphatic rings. The molecule has 5 fully saturated rings. The van der Waals surface area contributed by atoms with Gasteiger partial charge in [0.2, 0.25) is 15.9 Å². The third-order valence-electron chi connectivity index (χ3n) is 7.85. The van der Waals surface area contributed by atoms with Crippen molar-refractivity contribution in [3.8, 4) is 0 Å². The van der Waals surface area contributed by atoms with Gasteiger partial charge >= 0.3 is 6.03 Å². The molecule has 0 bridgehead atoms. The Labute approximate surface area is 199 Å². The van der Waals surface area contributed by atoms with E-state index in [-0.39, 0.29) is 36.5 Å². The Bertz CT molecular complexity index is 912. The lowest BCUT2D eigenvalue weighted by Gasteiger charge is -2.49. The third-order valence-corrected chi connectivity index (χ3v) is 9.87. The van der Waals surface area contributed by atoms with Gasteiger partial charge in [0.25, 0.3) is 0 Å². The number of alkyl halides is 1. The summed E-state index contributed by atoms with van der Waals surface area (Å²) in [6, 6.07) is -0.669. The average Bonchev–Trinajstić information content (AvgIpc) is 3.17. The summed E-state index contributed by atoms with van der Waals surface area (Å²) in [5, 5.41) is 4.38. The quantitative estimate of drug-likeness (QED) is 0.262. The van der Waals surface area contributed by atoms with Gasteiger partial charge in [-0.15, -0.1) is 0 Å². The molecule has 3 saturated heterocycles. The summed E-state index contributed by atoms with van der Waals surface area (Å²) in [7, 11) is -1.86. The zero-order valence-corrected chi connectivity index (χ0v) is 20.2. The Balaban J connectivity index is 1.35. The molecule has 5 atom stereocenters. The molecule has 12 nitrogen and oxygen atoms in total. The molecule has 192 valence electrons. The van der Waals surface area contributed by atoms with Crippen LogP contribution in [0.25, 0.3) is 0 Å². The third kappa shape index (κ3) is 4.68. The number of sulfonamides is 1. The zero-order valence-electron chi connectivity index (χ0n) is 19.4. The van der Waals surface area contributed by atoms with Crippen molar-refractivity contribution in [2.45, 2.75) is 55.1 Å². The first-order valence-corrected chi connectivity index (χ1v) is 13.6. The van der Waals surface area contributed by atoms with Gasteiger partial charge < -0.3 is 4.90 Å². The summed E-state index contributed by atoms with van der Waals surface area (Å²) >= 11 is 0. The number of carbonyl (C=O) groups excluding carboxylic acids is 2. The summed E-state index contributed by atoms with van der Waals surface area (Å²) < 4.78 is 42.1. The lowest BCUT2D eigenvalue weighted by Crippen LogP contribution is -2.66. The molecule has 0 aromatic heterocycles. The maximum atomic E-state index is 13.6. The van der Waals surface area contributed by atoms with Gasteiger partial charge in [-0.1, -0.05) is 0 Å². The largest absolute Gasteiger partial charge is 0.327 e. The Morgan fingerprint density at radius 2 is 2.00 bits per heavy atom. The lowest BCUT2D eigenvalue weighted by molar-refractivity contribution is -0.141. The minimum atomic E-state index is -3.78. The molecule has 2 aliphatic carbocycles. The van der Waals surface area contributed by atoms with Crippen LogP contribution in [0, 0.1) is 11.8 Å². The van der Waals surface area contributed by atoms with Crippen molar-refractivity contribution >= 4 is 22.0 Å². The lowest BCUT2D eigenvalue weighted by atomic mass is 9.80. The minimum Gasteiger partial charge on any atom is -0.318 e. The van der Waals surface area contributed by atoms with Crippen molar-refractivity contribution in [2.75, 3.05) is 46.6 Å². The molecule has 5 rings (SSSR count). The van der Waals surface area contributed by atoms with Gasteiger partial charge in [-0.05, 0) is 32.1 Å². The number of nitrogens with zero attached hydrogens (tertiary/aromatic N) is 3. The summed E-state index contributed by atoms with van der Waals surface area (Å²) in [5.74, 6) is -0.794. The van der Waals surface area contributed by atoms with Crippen LogP contribution in [-0.4, -0.2) is 105 Å². The average molecular weight is 503 g/mol. The molecule has 34 heavy (non-hydrogen) atoms. The molecule has 3 aliphatic heterocycles. The number of hydrogen-bond acceptors (Lipinski definition) is 9. The maximum absolute atomic E-state index is 13.6. The Morgan fingerprint density at radius 3 is 2.62 bits per heavy atom. The molecule has 0 aromatic carbocycles. The van der Waals surface area contributed by atoms with E-state index in [1.54, 1.807) is 4.90 Å². The van der Waals surface area contributed by atoms with Crippen LogP contribution in [0.1, 0.15) is 32.1 Å². The number of nitrogens with one attached hydrogen (secondary N) is 5. The molecule has 5 unspecified atom stereocenters. The van der Waals surface area contributed by atoms with E-state index < -0.39 is 33.4 Å². The topological polar surface area (TPSA) is 138 Å². The Hall–Kier alpha value is -1.42. The van der Waals surface area contributed by atoms with E-state index >= 15 is 0 Å².